The van der Waals surface area contributed by atoms with Crippen LogP contribution in [0.1, 0.15) is 32.0 Å². The molecule has 0 bridgehead atoms. The average molecular weight is 211 g/mol. The predicted molar refractivity (Wildman–Crippen MR) is 48.8 cm³/mol. The Morgan fingerprint density at radius 3 is 2.33 bits per heavy atom. The molecule has 80 valence electrons. The van der Waals surface area contributed by atoms with Crippen molar-refractivity contribution in [1.82, 2.24) is 4.98 Å². The number of pyridine rings is 1. The molecule has 0 atom stereocenters. The second-order valence-corrected chi connectivity index (χ2v) is 2.90. The third kappa shape index (κ3) is 1.94. The fourth-order valence-electron chi connectivity index (χ4n) is 1.23. The molecule has 0 aliphatic carbocycles. The molecule has 0 aliphatic rings. The molecular weight excluding hydrogens is 202 g/mol. The minimum absolute atomic E-state index is 0.220. The van der Waals surface area contributed by atoms with E-state index in [9.17, 15) is 9.59 Å². The van der Waals surface area contributed by atoms with Crippen LogP contribution in [0.2, 0.25) is 0 Å². The van der Waals surface area contributed by atoms with Crippen LogP contribution in [-0.2, 0) is 6.61 Å². The third-order valence-electron chi connectivity index (χ3n) is 2.03. The molecule has 0 saturated carbocycles. The molecule has 1 aromatic rings. The number of aliphatic hydroxyl groups is 1. The van der Waals surface area contributed by atoms with Crippen LogP contribution >= 0.6 is 0 Å². The molecule has 3 N–H and O–H groups in total. The number of aromatic carboxylic acids is 2. The lowest BCUT2D eigenvalue weighted by Crippen LogP contribution is -2.14. The van der Waals surface area contributed by atoms with Gasteiger partial charge in [0, 0.05) is 6.20 Å². The number of aromatic nitrogens is 1. The number of aliphatic hydroxyl groups excluding tert-OH is 1. The first-order valence-electron chi connectivity index (χ1n) is 4.05. The molecule has 0 spiro atoms. The minimum atomic E-state index is -1.40. The molecule has 1 rings (SSSR count). The van der Waals surface area contributed by atoms with Crippen molar-refractivity contribution in [3.05, 3.63) is 28.6 Å². The molecule has 0 amide bonds. The molecule has 0 saturated heterocycles. The van der Waals surface area contributed by atoms with Crippen molar-refractivity contribution >= 4 is 11.9 Å². The number of carboxylic acid groups (broad SMARTS) is 2. The Bertz CT molecular complexity index is 427. The topological polar surface area (TPSA) is 108 Å². The van der Waals surface area contributed by atoms with Crippen molar-refractivity contribution in [3.8, 4) is 0 Å². The van der Waals surface area contributed by atoms with Crippen molar-refractivity contribution in [2.45, 2.75) is 13.5 Å². The maximum atomic E-state index is 10.8. The van der Waals surface area contributed by atoms with Crippen LogP contribution in [0.4, 0.5) is 0 Å². The summed E-state index contributed by atoms with van der Waals surface area (Å²) in [5, 5.41) is 26.4. The highest BCUT2D eigenvalue weighted by Gasteiger charge is 2.21. The number of carboxylic acids is 2. The highest BCUT2D eigenvalue weighted by atomic mass is 16.4. The molecule has 0 aromatic carbocycles. The van der Waals surface area contributed by atoms with Gasteiger partial charge < -0.3 is 15.3 Å². The summed E-state index contributed by atoms with van der Waals surface area (Å²) in [6.07, 6.45) is 1.16. The van der Waals surface area contributed by atoms with Crippen molar-refractivity contribution in [2.75, 3.05) is 0 Å². The molecule has 6 heteroatoms. The Balaban J connectivity index is 3.51. The van der Waals surface area contributed by atoms with Crippen molar-refractivity contribution in [2.24, 2.45) is 0 Å². The van der Waals surface area contributed by atoms with Gasteiger partial charge in [-0.1, -0.05) is 0 Å². The molecule has 6 nitrogen and oxygen atoms in total. The molecule has 0 radical (unpaired) electrons. The van der Waals surface area contributed by atoms with Gasteiger partial charge in [0.25, 0.3) is 0 Å². The van der Waals surface area contributed by atoms with Crippen LogP contribution in [0.15, 0.2) is 6.20 Å². The van der Waals surface area contributed by atoms with E-state index in [1.165, 1.54) is 6.92 Å². The zero-order chi connectivity index (χ0) is 11.6. The fraction of sp³-hybridized carbons (Fsp3) is 0.222. The standard InChI is InChI=1S/C9H9NO5/c1-4-5(3-11)2-10-7(9(14)15)6(4)8(12)13/h2,11H,3H2,1H3,(H,12,13)(H,14,15). The van der Waals surface area contributed by atoms with Gasteiger partial charge in [0.15, 0.2) is 5.69 Å². The van der Waals surface area contributed by atoms with Gasteiger partial charge in [-0.3, -0.25) is 0 Å². The molecule has 1 aromatic heterocycles. The summed E-state index contributed by atoms with van der Waals surface area (Å²) < 4.78 is 0. The summed E-state index contributed by atoms with van der Waals surface area (Å²) in [4.78, 5) is 25.0. The van der Waals surface area contributed by atoms with Gasteiger partial charge in [-0.15, -0.1) is 0 Å². The Morgan fingerprint density at radius 2 is 1.93 bits per heavy atom. The minimum Gasteiger partial charge on any atom is -0.478 e. The van der Waals surface area contributed by atoms with Crippen LogP contribution in [0.5, 0.6) is 0 Å². The van der Waals surface area contributed by atoms with Gasteiger partial charge in [0.2, 0.25) is 0 Å². The molecule has 15 heavy (non-hydrogen) atoms. The van der Waals surface area contributed by atoms with E-state index in [-0.39, 0.29) is 17.7 Å². The first-order chi connectivity index (χ1) is 6.99. The first kappa shape index (κ1) is 11.1. The quantitative estimate of drug-likeness (QED) is 0.662. The summed E-state index contributed by atoms with van der Waals surface area (Å²) in [7, 11) is 0. The van der Waals surface area contributed by atoms with Crippen molar-refractivity contribution < 1.29 is 24.9 Å². The Kier molecular flexibility index (Phi) is 3.01. The summed E-state index contributed by atoms with van der Waals surface area (Å²) in [6, 6.07) is 0. The summed E-state index contributed by atoms with van der Waals surface area (Å²) in [6.45, 7) is 1.06. The van der Waals surface area contributed by atoms with Gasteiger partial charge in [0.1, 0.15) is 0 Å². The first-order valence-corrected chi connectivity index (χ1v) is 4.05. The van der Waals surface area contributed by atoms with Gasteiger partial charge in [0.05, 0.1) is 12.2 Å². The van der Waals surface area contributed by atoms with Crippen LogP contribution in [0.3, 0.4) is 0 Å². The second-order valence-electron chi connectivity index (χ2n) is 2.90. The smallest absolute Gasteiger partial charge is 0.355 e. The highest BCUT2D eigenvalue weighted by molar-refractivity contribution is 6.01. The van der Waals surface area contributed by atoms with Gasteiger partial charge in [-0.25, -0.2) is 14.6 Å². The normalized spacial score (nSPS) is 10.0. The van der Waals surface area contributed by atoms with E-state index in [0.29, 0.717) is 5.56 Å². The number of hydrogen-bond acceptors (Lipinski definition) is 4. The van der Waals surface area contributed by atoms with E-state index in [1.807, 2.05) is 0 Å². The second kappa shape index (κ2) is 4.05. The van der Waals surface area contributed by atoms with Crippen LogP contribution in [0, 0.1) is 6.92 Å². The SMILES string of the molecule is Cc1c(CO)cnc(C(=O)O)c1C(=O)O. The summed E-state index contributed by atoms with van der Waals surface area (Å²) in [5.41, 5.74) is -0.374. The largest absolute Gasteiger partial charge is 0.478 e. The van der Waals surface area contributed by atoms with Crippen LogP contribution in [0.25, 0.3) is 0 Å². The highest BCUT2D eigenvalue weighted by Crippen LogP contribution is 2.16. The monoisotopic (exact) mass is 211 g/mol. The Labute approximate surface area is 84.8 Å². The average Bonchev–Trinajstić information content (AvgIpc) is 2.16. The van der Waals surface area contributed by atoms with E-state index in [4.69, 9.17) is 15.3 Å². The van der Waals surface area contributed by atoms with E-state index >= 15 is 0 Å². The molecule has 0 unspecified atom stereocenters. The summed E-state index contributed by atoms with van der Waals surface area (Å²) >= 11 is 0. The van der Waals surface area contributed by atoms with Crippen molar-refractivity contribution in [3.63, 3.8) is 0 Å². The maximum absolute atomic E-state index is 10.8. The van der Waals surface area contributed by atoms with E-state index in [1.54, 1.807) is 0 Å². The summed E-state index contributed by atoms with van der Waals surface area (Å²) in [5.74, 6) is -2.77. The molecule has 0 fully saturated rings. The molecular formula is C9H9NO5. The van der Waals surface area contributed by atoms with Crippen molar-refractivity contribution in [1.29, 1.82) is 0 Å². The third-order valence-corrected chi connectivity index (χ3v) is 2.03. The van der Waals surface area contributed by atoms with Gasteiger partial charge >= 0.3 is 11.9 Å². The van der Waals surface area contributed by atoms with Gasteiger partial charge in [-0.2, -0.15) is 0 Å². The zero-order valence-electron chi connectivity index (χ0n) is 7.89. The van der Waals surface area contributed by atoms with Crippen LogP contribution < -0.4 is 0 Å². The molecule has 0 aliphatic heterocycles. The lowest BCUT2D eigenvalue weighted by Gasteiger charge is -2.08. The van der Waals surface area contributed by atoms with Gasteiger partial charge in [-0.05, 0) is 18.1 Å². The number of carbonyl (C=O) groups is 2. The zero-order valence-corrected chi connectivity index (χ0v) is 7.89. The van der Waals surface area contributed by atoms with E-state index in [0.717, 1.165) is 6.20 Å². The maximum Gasteiger partial charge on any atom is 0.355 e. The predicted octanol–water partition coefficient (Wildman–Crippen LogP) is 0.279. The Morgan fingerprint density at radius 1 is 1.33 bits per heavy atom. The Hall–Kier alpha value is -1.95. The lowest BCUT2D eigenvalue weighted by molar-refractivity contribution is 0.0645. The van der Waals surface area contributed by atoms with E-state index in [2.05, 4.69) is 4.98 Å². The number of rotatable bonds is 3. The van der Waals surface area contributed by atoms with E-state index < -0.39 is 17.6 Å². The molecule has 1 heterocycles. The van der Waals surface area contributed by atoms with Crippen LogP contribution in [-0.4, -0.2) is 32.2 Å². The lowest BCUT2D eigenvalue weighted by atomic mass is 10.0. The fourth-order valence-corrected chi connectivity index (χ4v) is 1.23. The number of nitrogens with zero attached hydrogens (tertiary/aromatic N) is 1. The number of hydrogen-bond donors (Lipinski definition) is 3.